The normalized spacial score (nSPS) is 14.9. The summed E-state index contributed by atoms with van der Waals surface area (Å²) in [7, 11) is 0. The van der Waals surface area contributed by atoms with Gasteiger partial charge in [-0.2, -0.15) is 0 Å². The number of benzene rings is 3. The van der Waals surface area contributed by atoms with E-state index >= 15 is 0 Å². The molecule has 9 heteroatoms. The molecule has 1 aliphatic heterocycles. The van der Waals surface area contributed by atoms with E-state index in [1.165, 1.54) is 16.8 Å². The van der Waals surface area contributed by atoms with Crippen LogP contribution in [0.3, 0.4) is 0 Å². The van der Waals surface area contributed by atoms with Gasteiger partial charge in [0.25, 0.3) is 5.56 Å². The highest BCUT2D eigenvalue weighted by atomic mass is 16.5. The monoisotopic (exact) mass is 549 g/mol. The fourth-order valence-electron chi connectivity index (χ4n) is 5.72. The fraction of sp³-hybridized carbons (Fsp3) is 0.312. The first kappa shape index (κ1) is 26.7. The molecule has 41 heavy (non-hydrogen) atoms. The van der Waals surface area contributed by atoms with Crippen molar-refractivity contribution in [1.29, 1.82) is 0 Å². The average molecular weight is 550 g/mol. The van der Waals surface area contributed by atoms with Gasteiger partial charge in [0.05, 0.1) is 13.2 Å². The van der Waals surface area contributed by atoms with E-state index in [0.29, 0.717) is 24.5 Å². The molecule has 3 aromatic carbocycles. The van der Waals surface area contributed by atoms with Crippen molar-refractivity contribution < 1.29 is 4.74 Å². The quantitative estimate of drug-likeness (QED) is 0.305. The number of aryl methyl sites for hydroxylation is 2. The van der Waals surface area contributed by atoms with Crippen LogP contribution in [0.25, 0.3) is 10.9 Å². The van der Waals surface area contributed by atoms with E-state index in [1.54, 1.807) is 0 Å². The summed E-state index contributed by atoms with van der Waals surface area (Å²) < 4.78 is 7.56. The summed E-state index contributed by atoms with van der Waals surface area (Å²) in [4.78, 5) is 21.5. The van der Waals surface area contributed by atoms with Crippen LogP contribution in [0, 0.1) is 13.8 Å². The van der Waals surface area contributed by atoms with Gasteiger partial charge >= 0.3 is 0 Å². The lowest BCUT2D eigenvalue weighted by molar-refractivity contribution is 0.200. The van der Waals surface area contributed by atoms with Crippen LogP contribution in [0.15, 0.2) is 77.6 Å². The molecule has 1 N–H and O–H groups in total. The fourth-order valence-corrected chi connectivity index (χ4v) is 5.72. The van der Waals surface area contributed by atoms with Gasteiger partial charge in [0, 0.05) is 48.3 Å². The van der Waals surface area contributed by atoms with Gasteiger partial charge in [-0.1, -0.05) is 42.5 Å². The Bertz CT molecular complexity index is 1700. The van der Waals surface area contributed by atoms with E-state index in [4.69, 9.17) is 4.74 Å². The van der Waals surface area contributed by atoms with Gasteiger partial charge in [-0.15, -0.1) is 5.10 Å². The molecule has 5 aromatic rings. The summed E-state index contributed by atoms with van der Waals surface area (Å²) >= 11 is 0. The summed E-state index contributed by atoms with van der Waals surface area (Å²) in [6.07, 6.45) is 0. The molecule has 0 spiro atoms. The molecular weight excluding hydrogens is 514 g/mol. The van der Waals surface area contributed by atoms with Crippen molar-refractivity contribution in [1.82, 2.24) is 30.1 Å². The topological polar surface area (TPSA) is 92.2 Å². The molecule has 9 nitrogen and oxygen atoms in total. The number of ether oxygens (including phenoxy) is 1. The molecule has 0 bridgehead atoms. The van der Waals surface area contributed by atoms with E-state index in [2.05, 4.69) is 74.5 Å². The van der Waals surface area contributed by atoms with Crippen LogP contribution in [-0.4, -0.2) is 62.9 Å². The third kappa shape index (κ3) is 5.58. The second-order valence-corrected chi connectivity index (χ2v) is 10.6. The Morgan fingerprint density at radius 2 is 1.76 bits per heavy atom. The lowest BCUT2D eigenvalue weighted by Gasteiger charge is -2.40. The van der Waals surface area contributed by atoms with Crippen molar-refractivity contribution >= 4 is 16.6 Å². The van der Waals surface area contributed by atoms with Crippen LogP contribution in [0.2, 0.25) is 0 Å². The Morgan fingerprint density at radius 3 is 2.54 bits per heavy atom. The van der Waals surface area contributed by atoms with Gasteiger partial charge in [-0.3, -0.25) is 9.69 Å². The van der Waals surface area contributed by atoms with Crippen LogP contribution in [-0.2, 0) is 6.54 Å². The smallest absolute Gasteiger partial charge is 0.253 e. The Hall–Kier alpha value is -4.50. The lowest BCUT2D eigenvalue weighted by atomic mass is 10.0. The average Bonchev–Trinajstić information content (AvgIpc) is 3.43. The molecule has 210 valence electrons. The van der Waals surface area contributed by atoms with E-state index < -0.39 is 6.04 Å². The molecule has 0 aliphatic carbocycles. The highest BCUT2D eigenvalue weighted by molar-refractivity contribution is 5.80. The third-order valence-electron chi connectivity index (χ3n) is 7.81. The van der Waals surface area contributed by atoms with Gasteiger partial charge in [0.1, 0.15) is 11.8 Å². The first-order valence-electron chi connectivity index (χ1n) is 14.2. The van der Waals surface area contributed by atoms with E-state index in [9.17, 15) is 4.79 Å². The van der Waals surface area contributed by atoms with Crippen molar-refractivity contribution in [3.63, 3.8) is 0 Å². The molecule has 1 unspecified atom stereocenters. The first-order valence-corrected chi connectivity index (χ1v) is 14.2. The molecule has 2 aromatic heterocycles. The summed E-state index contributed by atoms with van der Waals surface area (Å²) in [5.74, 6) is 1.42. The molecule has 1 fully saturated rings. The number of H-pyrrole nitrogens is 1. The van der Waals surface area contributed by atoms with Crippen LogP contribution >= 0.6 is 0 Å². The van der Waals surface area contributed by atoms with Crippen molar-refractivity contribution in [2.75, 3.05) is 37.7 Å². The molecular formula is C32H35N7O2. The molecule has 1 saturated heterocycles. The van der Waals surface area contributed by atoms with Gasteiger partial charge < -0.3 is 14.6 Å². The summed E-state index contributed by atoms with van der Waals surface area (Å²) in [5, 5.41) is 13.8. The third-order valence-corrected chi connectivity index (χ3v) is 7.81. The Kier molecular flexibility index (Phi) is 7.52. The maximum absolute atomic E-state index is 13.7. The van der Waals surface area contributed by atoms with Crippen LogP contribution in [0.5, 0.6) is 5.75 Å². The highest BCUT2D eigenvalue weighted by Crippen LogP contribution is 2.31. The summed E-state index contributed by atoms with van der Waals surface area (Å²) in [6.45, 7) is 10.5. The zero-order valence-corrected chi connectivity index (χ0v) is 23.7. The predicted molar refractivity (Wildman–Crippen MR) is 161 cm³/mol. The second kappa shape index (κ2) is 11.5. The predicted octanol–water partition coefficient (Wildman–Crippen LogP) is 4.49. The van der Waals surface area contributed by atoms with Crippen molar-refractivity contribution in [3.8, 4) is 5.75 Å². The second-order valence-electron chi connectivity index (χ2n) is 10.6. The minimum absolute atomic E-state index is 0.141. The number of hydrogen-bond acceptors (Lipinski definition) is 7. The minimum atomic E-state index is -0.418. The molecule has 1 atom stereocenters. The van der Waals surface area contributed by atoms with Gasteiger partial charge in [0.2, 0.25) is 0 Å². The molecule has 0 radical (unpaired) electrons. The SMILES string of the molecule is CCOc1ccc2[nH]c(=O)c(C(c3nnnn3Cc3ccccc3)N3CCN(c4cc(C)ccc4C)CC3)cc2c1. The van der Waals surface area contributed by atoms with Crippen molar-refractivity contribution in [2.24, 2.45) is 0 Å². The largest absolute Gasteiger partial charge is 0.494 e. The number of pyridine rings is 1. The number of tetrazole rings is 1. The standard InChI is InChI=1S/C32H35N7O2/c1-4-41-26-12-13-28-25(19-26)20-27(32(40)33-28)30(31-34-35-36-39(31)21-24-8-6-5-7-9-24)38-16-14-37(15-17-38)29-18-22(2)10-11-23(29)3/h5-13,18-20,30H,4,14-17,21H2,1-3H3,(H,33,40). The Balaban J connectivity index is 1.39. The van der Waals surface area contributed by atoms with E-state index in [-0.39, 0.29) is 5.56 Å². The minimum Gasteiger partial charge on any atom is -0.494 e. The zero-order valence-electron chi connectivity index (χ0n) is 23.7. The lowest BCUT2D eigenvalue weighted by Crippen LogP contribution is -2.49. The summed E-state index contributed by atoms with van der Waals surface area (Å²) in [5.41, 5.74) is 6.12. The number of piperazine rings is 1. The van der Waals surface area contributed by atoms with Crippen LogP contribution < -0.4 is 15.2 Å². The molecule has 0 amide bonds. The van der Waals surface area contributed by atoms with Crippen LogP contribution in [0.1, 0.15) is 41.0 Å². The Labute approximate surface area is 239 Å². The summed E-state index contributed by atoms with van der Waals surface area (Å²) in [6, 6.07) is 24.0. The molecule has 1 aliphatic rings. The molecule has 0 saturated carbocycles. The number of anilines is 1. The van der Waals surface area contributed by atoms with Crippen molar-refractivity contribution in [2.45, 2.75) is 33.4 Å². The maximum atomic E-state index is 13.7. The van der Waals surface area contributed by atoms with Gasteiger partial charge in [-0.05, 0) is 78.2 Å². The maximum Gasteiger partial charge on any atom is 0.253 e. The van der Waals surface area contributed by atoms with Crippen molar-refractivity contribution in [3.05, 3.63) is 111 Å². The molecule has 6 rings (SSSR count). The number of aromatic amines is 1. The number of fused-ring (bicyclic) bond motifs is 1. The number of rotatable bonds is 8. The number of hydrogen-bond donors (Lipinski definition) is 1. The van der Waals surface area contributed by atoms with E-state index in [0.717, 1.165) is 48.4 Å². The van der Waals surface area contributed by atoms with Crippen LogP contribution in [0.4, 0.5) is 5.69 Å². The molecule has 3 heterocycles. The Morgan fingerprint density at radius 1 is 0.951 bits per heavy atom. The van der Waals surface area contributed by atoms with Gasteiger partial charge in [0.15, 0.2) is 5.82 Å². The first-order chi connectivity index (χ1) is 20.0. The number of aromatic nitrogens is 5. The highest BCUT2D eigenvalue weighted by Gasteiger charge is 2.33. The van der Waals surface area contributed by atoms with Gasteiger partial charge in [-0.25, -0.2) is 4.68 Å². The van der Waals surface area contributed by atoms with E-state index in [1.807, 2.05) is 54.1 Å². The number of nitrogens with zero attached hydrogens (tertiary/aromatic N) is 6. The number of nitrogens with one attached hydrogen (secondary N) is 1. The zero-order chi connectivity index (χ0) is 28.3.